The van der Waals surface area contributed by atoms with Crippen LogP contribution >= 0.6 is 11.6 Å². The van der Waals surface area contributed by atoms with Crippen LogP contribution < -0.4 is 0 Å². The zero-order chi connectivity index (χ0) is 11.5. The quantitative estimate of drug-likeness (QED) is 0.790. The largest absolute Gasteiger partial charge is 0.478 e. The SMILES string of the molecule is CC(C)C1COC(Cc2cccc(Cl)c2)=N1. The summed E-state index contributed by atoms with van der Waals surface area (Å²) in [6.45, 7) is 5.05. The summed E-state index contributed by atoms with van der Waals surface area (Å²) in [5.41, 5.74) is 1.15. The lowest BCUT2D eigenvalue weighted by Crippen LogP contribution is -2.13. The third-order valence-electron chi connectivity index (χ3n) is 2.74. The van der Waals surface area contributed by atoms with Crippen molar-refractivity contribution in [2.45, 2.75) is 26.3 Å². The van der Waals surface area contributed by atoms with Gasteiger partial charge in [0.15, 0.2) is 5.90 Å². The minimum atomic E-state index is 0.314. The van der Waals surface area contributed by atoms with E-state index in [4.69, 9.17) is 16.3 Å². The second-order valence-electron chi connectivity index (χ2n) is 4.45. The predicted octanol–water partition coefficient (Wildman–Crippen LogP) is 3.34. The normalized spacial score (nSPS) is 19.8. The van der Waals surface area contributed by atoms with Crippen molar-refractivity contribution in [1.29, 1.82) is 0 Å². The minimum absolute atomic E-state index is 0.314. The van der Waals surface area contributed by atoms with Crippen LogP contribution in [0.15, 0.2) is 29.3 Å². The molecule has 0 saturated heterocycles. The molecular formula is C13H16ClNO. The molecule has 16 heavy (non-hydrogen) atoms. The Morgan fingerprint density at radius 3 is 2.94 bits per heavy atom. The van der Waals surface area contributed by atoms with Crippen LogP contribution in [0.25, 0.3) is 0 Å². The number of benzene rings is 1. The molecule has 0 amide bonds. The number of ether oxygens (including phenoxy) is 1. The molecular weight excluding hydrogens is 222 g/mol. The van der Waals surface area contributed by atoms with Gasteiger partial charge in [-0.1, -0.05) is 37.6 Å². The number of halogens is 1. The standard InChI is InChI=1S/C13H16ClNO/c1-9(2)12-8-16-13(15-12)7-10-4-3-5-11(14)6-10/h3-6,9,12H,7-8H2,1-2H3. The van der Waals surface area contributed by atoms with Crippen molar-refractivity contribution in [3.8, 4) is 0 Å². The Morgan fingerprint density at radius 2 is 2.31 bits per heavy atom. The molecule has 1 aromatic rings. The zero-order valence-electron chi connectivity index (χ0n) is 9.61. The molecule has 0 aromatic heterocycles. The predicted molar refractivity (Wildman–Crippen MR) is 67.2 cm³/mol. The number of aliphatic imine (C=N–C) groups is 1. The van der Waals surface area contributed by atoms with E-state index in [1.807, 2.05) is 24.3 Å². The van der Waals surface area contributed by atoms with Crippen molar-refractivity contribution in [2.24, 2.45) is 10.9 Å². The molecule has 0 bridgehead atoms. The van der Waals surface area contributed by atoms with Crippen LogP contribution in [0, 0.1) is 5.92 Å². The molecule has 0 spiro atoms. The summed E-state index contributed by atoms with van der Waals surface area (Å²) in [5, 5.41) is 0.761. The lowest BCUT2D eigenvalue weighted by molar-refractivity contribution is 0.287. The van der Waals surface area contributed by atoms with Gasteiger partial charge in [-0.25, -0.2) is 4.99 Å². The molecule has 1 heterocycles. The number of hydrogen-bond acceptors (Lipinski definition) is 2. The third-order valence-corrected chi connectivity index (χ3v) is 2.98. The first-order chi connectivity index (χ1) is 7.65. The van der Waals surface area contributed by atoms with Crippen molar-refractivity contribution in [3.05, 3.63) is 34.9 Å². The molecule has 0 fully saturated rings. The Kier molecular flexibility index (Phi) is 3.49. The summed E-state index contributed by atoms with van der Waals surface area (Å²) in [4.78, 5) is 4.56. The van der Waals surface area contributed by atoms with E-state index in [0.29, 0.717) is 18.6 Å². The molecule has 3 heteroatoms. The number of hydrogen-bond donors (Lipinski definition) is 0. The van der Waals surface area contributed by atoms with Crippen molar-refractivity contribution in [3.63, 3.8) is 0 Å². The second-order valence-corrected chi connectivity index (χ2v) is 4.89. The van der Waals surface area contributed by atoms with E-state index < -0.39 is 0 Å². The fraction of sp³-hybridized carbons (Fsp3) is 0.462. The molecule has 1 aromatic carbocycles. The minimum Gasteiger partial charge on any atom is -0.478 e. The van der Waals surface area contributed by atoms with Gasteiger partial charge in [0.05, 0.1) is 6.04 Å². The highest BCUT2D eigenvalue weighted by molar-refractivity contribution is 6.30. The van der Waals surface area contributed by atoms with Gasteiger partial charge in [0.25, 0.3) is 0 Å². The summed E-state index contributed by atoms with van der Waals surface area (Å²) in [7, 11) is 0. The highest BCUT2D eigenvalue weighted by atomic mass is 35.5. The molecule has 0 saturated carbocycles. The molecule has 2 nitrogen and oxygen atoms in total. The Bertz CT molecular complexity index is 401. The molecule has 86 valence electrons. The van der Waals surface area contributed by atoms with Crippen molar-refractivity contribution in [2.75, 3.05) is 6.61 Å². The Balaban J connectivity index is 2.03. The monoisotopic (exact) mass is 237 g/mol. The van der Waals surface area contributed by atoms with Gasteiger partial charge in [-0.05, 0) is 23.6 Å². The van der Waals surface area contributed by atoms with E-state index in [1.165, 1.54) is 0 Å². The van der Waals surface area contributed by atoms with E-state index in [9.17, 15) is 0 Å². The Morgan fingerprint density at radius 1 is 1.50 bits per heavy atom. The van der Waals surface area contributed by atoms with E-state index >= 15 is 0 Å². The maximum atomic E-state index is 5.93. The summed E-state index contributed by atoms with van der Waals surface area (Å²) >= 11 is 5.93. The van der Waals surface area contributed by atoms with Crippen LogP contribution in [0.2, 0.25) is 5.02 Å². The molecule has 0 N–H and O–H groups in total. The highest BCUT2D eigenvalue weighted by Crippen LogP contribution is 2.17. The van der Waals surface area contributed by atoms with Crippen molar-refractivity contribution >= 4 is 17.5 Å². The number of nitrogens with zero attached hydrogens (tertiary/aromatic N) is 1. The highest BCUT2D eigenvalue weighted by Gasteiger charge is 2.21. The summed E-state index contributed by atoms with van der Waals surface area (Å²) in [6, 6.07) is 8.14. The molecule has 1 unspecified atom stereocenters. The van der Waals surface area contributed by atoms with E-state index in [1.54, 1.807) is 0 Å². The maximum absolute atomic E-state index is 5.93. The summed E-state index contributed by atoms with van der Waals surface area (Å²) in [6.07, 6.45) is 0.740. The lowest BCUT2D eigenvalue weighted by atomic mass is 10.1. The van der Waals surface area contributed by atoms with Crippen LogP contribution in [0.4, 0.5) is 0 Å². The van der Waals surface area contributed by atoms with Crippen LogP contribution in [0.3, 0.4) is 0 Å². The summed E-state index contributed by atoms with van der Waals surface area (Å²) < 4.78 is 5.58. The van der Waals surface area contributed by atoms with Gasteiger partial charge in [-0.3, -0.25) is 0 Å². The Labute approximate surface area is 101 Å². The van der Waals surface area contributed by atoms with Crippen molar-refractivity contribution in [1.82, 2.24) is 0 Å². The first-order valence-electron chi connectivity index (χ1n) is 5.59. The van der Waals surface area contributed by atoms with Gasteiger partial charge >= 0.3 is 0 Å². The Hall–Kier alpha value is -1.02. The van der Waals surface area contributed by atoms with Crippen LogP contribution in [-0.4, -0.2) is 18.5 Å². The smallest absolute Gasteiger partial charge is 0.188 e. The molecule has 1 aliphatic heterocycles. The zero-order valence-corrected chi connectivity index (χ0v) is 10.4. The average Bonchev–Trinajstić information content (AvgIpc) is 2.66. The second kappa shape index (κ2) is 4.88. The van der Waals surface area contributed by atoms with Gasteiger partial charge in [0, 0.05) is 11.4 Å². The molecule has 1 atom stereocenters. The lowest BCUT2D eigenvalue weighted by Gasteiger charge is -2.06. The average molecular weight is 238 g/mol. The maximum Gasteiger partial charge on any atom is 0.188 e. The van der Waals surface area contributed by atoms with Gasteiger partial charge < -0.3 is 4.74 Å². The van der Waals surface area contributed by atoms with Gasteiger partial charge in [-0.2, -0.15) is 0 Å². The fourth-order valence-electron chi connectivity index (χ4n) is 1.70. The van der Waals surface area contributed by atoms with Gasteiger partial charge in [-0.15, -0.1) is 0 Å². The van der Waals surface area contributed by atoms with E-state index in [0.717, 1.165) is 22.9 Å². The first kappa shape index (κ1) is 11.5. The number of rotatable bonds is 3. The topological polar surface area (TPSA) is 21.6 Å². The summed E-state index contributed by atoms with van der Waals surface area (Å²) in [5.74, 6) is 1.37. The molecule has 0 aliphatic carbocycles. The van der Waals surface area contributed by atoms with Gasteiger partial charge in [0.2, 0.25) is 0 Å². The molecule has 0 radical (unpaired) electrons. The van der Waals surface area contributed by atoms with Crippen LogP contribution in [0.5, 0.6) is 0 Å². The molecule has 2 rings (SSSR count). The third kappa shape index (κ3) is 2.76. The van der Waals surface area contributed by atoms with E-state index in [-0.39, 0.29) is 0 Å². The van der Waals surface area contributed by atoms with Crippen LogP contribution in [0.1, 0.15) is 19.4 Å². The fourth-order valence-corrected chi connectivity index (χ4v) is 1.91. The molecule has 1 aliphatic rings. The van der Waals surface area contributed by atoms with Gasteiger partial charge in [0.1, 0.15) is 6.61 Å². The van der Waals surface area contributed by atoms with E-state index in [2.05, 4.69) is 18.8 Å². The van der Waals surface area contributed by atoms with Crippen LogP contribution in [-0.2, 0) is 11.2 Å². The van der Waals surface area contributed by atoms with Crippen molar-refractivity contribution < 1.29 is 4.74 Å². The first-order valence-corrected chi connectivity index (χ1v) is 5.97.